The van der Waals surface area contributed by atoms with Crippen molar-refractivity contribution in [3.63, 3.8) is 0 Å². The van der Waals surface area contributed by atoms with Crippen molar-refractivity contribution in [2.45, 2.75) is 25.4 Å². The number of anilines is 1. The van der Waals surface area contributed by atoms with E-state index in [1.165, 1.54) is 12.1 Å². The Kier molecular flexibility index (Phi) is 5.45. The van der Waals surface area contributed by atoms with Gasteiger partial charge in [0.05, 0.1) is 10.7 Å². The Morgan fingerprint density at radius 1 is 1.14 bits per heavy atom. The molecular formula is C20H21ClFN5O. The second-order valence-corrected chi connectivity index (χ2v) is 7.44. The van der Waals surface area contributed by atoms with E-state index in [2.05, 4.69) is 20.5 Å². The summed E-state index contributed by atoms with van der Waals surface area (Å²) < 4.78 is 14.9. The van der Waals surface area contributed by atoms with Gasteiger partial charge in [0.25, 0.3) is 0 Å². The number of pyridine rings is 1. The van der Waals surface area contributed by atoms with E-state index in [0.29, 0.717) is 10.7 Å². The average molecular weight is 402 g/mol. The molecule has 1 aliphatic rings. The predicted molar refractivity (Wildman–Crippen MR) is 107 cm³/mol. The standard InChI is InChI=1S/C20H21ClFN5O/c21-14-1-6-19-23-18(13-27(19)11-14)12-26-9-7-17(8-10-26)25-20(28)24-16-4-2-15(22)3-5-16/h1-6,11,13,17H,7-10,12H2,(H2,24,25,28). The Morgan fingerprint density at radius 3 is 2.64 bits per heavy atom. The lowest BCUT2D eigenvalue weighted by molar-refractivity contribution is 0.188. The number of urea groups is 1. The summed E-state index contributed by atoms with van der Waals surface area (Å²) in [6.07, 6.45) is 5.59. The van der Waals surface area contributed by atoms with Crippen LogP contribution >= 0.6 is 11.6 Å². The number of carbonyl (C=O) groups excluding carboxylic acids is 1. The molecule has 0 radical (unpaired) electrons. The van der Waals surface area contributed by atoms with Crippen molar-refractivity contribution < 1.29 is 9.18 Å². The lowest BCUT2D eigenvalue weighted by Gasteiger charge is -2.31. The van der Waals surface area contributed by atoms with Crippen molar-refractivity contribution in [2.24, 2.45) is 0 Å². The van der Waals surface area contributed by atoms with Crippen molar-refractivity contribution in [3.05, 3.63) is 65.3 Å². The number of imidazole rings is 1. The number of hydrogen-bond acceptors (Lipinski definition) is 3. The van der Waals surface area contributed by atoms with Gasteiger partial charge < -0.3 is 15.0 Å². The Morgan fingerprint density at radius 2 is 1.89 bits per heavy atom. The van der Waals surface area contributed by atoms with Crippen LogP contribution in [-0.2, 0) is 6.54 Å². The van der Waals surface area contributed by atoms with Gasteiger partial charge in [0.15, 0.2) is 0 Å². The summed E-state index contributed by atoms with van der Waals surface area (Å²) in [5, 5.41) is 6.40. The minimum Gasteiger partial charge on any atom is -0.335 e. The normalized spacial score (nSPS) is 15.6. The zero-order valence-electron chi connectivity index (χ0n) is 15.2. The molecule has 0 spiro atoms. The molecule has 1 aromatic carbocycles. The first kappa shape index (κ1) is 18.7. The van der Waals surface area contributed by atoms with Crippen molar-refractivity contribution in [1.29, 1.82) is 0 Å². The molecule has 6 nitrogen and oxygen atoms in total. The molecule has 3 heterocycles. The number of halogens is 2. The van der Waals surface area contributed by atoms with Gasteiger partial charge in [0, 0.05) is 43.8 Å². The van der Waals surface area contributed by atoms with Crippen molar-refractivity contribution in [2.75, 3.05) is 18.4 Å². The number of nitrogens with zero attached hydrogens (tertiary/aromatic N) is 3. The monoisotopic (exact) mass is 401 g/mol. The molecule has 1 aliphatic heterocycles. The van der Waals surface area contributed by atoms with Crippen molar-refractivity contribution in [1.82, 2.24) is 19.6 Å². The average Bonchev–Trinajstić information content (AvgIpc) is 3.06. The van der Waals surface area contributed by atoms with E-state index in [9.17, 15) is 9.18 Å². The zero-order valence-corrected chi connectivity index (χ0v) is 16.0. The molecule has 0 atom stereocenters. The quantitative estimate of drug-likeness (QED) is 0.696. The molecule has 1 saturated heterocycles. The Bertz CT molecular complexity index is 966. The van der Waals surface area contributed by atoms with E-state index >= 15 is 0 Å². The van der Waals surface area contributed by atoms with Gasteiger partial charge in [-0.1, -0.05) is 11.6 Å². The highest BCUT2D eigenvalue weighted by molar-refractivity contribution is 6.30. The number of rotatable bonds is 4. The van der Waals surface area contributed by atoms with Crippen LogP contribution in [0.4, 0.5) is 14.9 Å². The summed E-state index contributed by atoms with van der Waals surface area (Å²) >= 11 is 6.02. The molecular weight excluding hydrogens is 381 g/mol. The first-order valence-electron chi connectivity index (χ1n) is 9.24. The lowest BCUT2D eigenvalue weighted by atomic mass is 10.1. The number of fused-ring (bicyclic) bond motifs is 1. The second-order valence-electron chi connectivity index (χ2n) is 7.00. The Hall–Kier alpha value is -2.64. The molecule has 8 heteroatoms. The van der Waals surface area contributed by atoms with Gasteiger partial charge >= 0.3 is 6.03 Å². The van der Waals surface area contributed by atoms with E-state index in [1.807, 2.05) is 28.9 Å². The highest BCUT2D eigenvalue weighted by atomic mass is 35.5. The van der Waals surface area contributed by atoms with Crippen LogP contribution in [0.1, 0.15) is 18.5 Å². The topological polar surface area (TPSA) is 61.7 Å². The van der Waals surface area contributed by atoms with Crippen LogP contribution < -0.4 is 10.6 Å². The van der Waals surface area contributed by atoms with Crippen LogP contribution in [-0.4, -0.2) is 39.4 Å². The van der Waals surface area contributed by atoms with Gasteiger partial charge in [0.1, 0.15) is 11.5 Å². The largest absolute Gasteiger partial charge is 0.335 e. The highest BCUT2D eigenvalue weighted by Gasteiger charge is 2.21. The Balaban J connectivity index is 1.25. The molecule has 2 N–H and O–H groups in total. The predicted octanol–water partition coefficient (Wildman–Crippen LogP) is 3.91. The van der Waals surface area contributed by atoms with Gasteiger partial charge in [-0.05, 0) is 49.2 Å². The van der Waals surface area contributed by atoms with Gasteiger partial charge in [-0.3, -0.25) is 4.90 Å². The summed E-state index contributed by atoms with van der Waals surface area (Å²) in [6.45, 7) is 2.54. The highest BCUT2D eigenvalue weighted by Crippen LogP contribution is 2.16. The molecule has 146 valence electrons. The molecule has 2 amide bonds. The molecule has 0 unspecified atom stereocenters. The Labute approximate surface area is 167 Å². The van der Waals surface area contributed by atoms with E-state index in [0.717, 1.165) is 43.8 Å². The number of amides is 2. The molecule has 0 saturated carbocycles. The fraction of sp³-hybridized carbons (Fsp3) is 0.300. The van der Waals surface area contributed by atoms with Crippen molar-refractivity contribution in [3.8, 4) is 0 Å². The van der Waals surface area contributed by atoms with Crippen LogP contribution in [0.3, 0.4) is 0 Å². The second kappa shape index (κ2) is 8.16. The van der Waals surface area contributed by atoms with Crippen LogP contribution in [0, 0.1) is 5.82 Å². The molecule has 1 fully saturated rings. The number of likely N-dealkylation sites (tertiary alicyclic amines) is 1. The summed E-state index contributed by atoms with van der Waals surface area (Å²) in [5.74, 6) is -0.327. The lowest BCUT2D eigenvalue weighted by Crippen LogP contribution is -2.45. The van der Waals surface area contributed by atoms with E-state index in [-0.39, 0.29) is 17.9 Å². The van der Waals surface area contributed by atoms with Gasteiger partial charge in [0.2, 0.25) is 0 Å². The smallest absolute Gasteiger partial charge is 0.319 e. The van der Waals surface area contributed by atoms with Crippen molar-refractivity contribution >= 4 is 29.0 Å². The fourth-order valence-corrected chi connectivity index (χ4v) is 3.61. The molecule has 3 aromatic rings. The van der Waals surface area contributed by atoms with Crippen LogP contribution in [0.5, 0.6) is 0 Å². The number of benzene rings is 1. The minimum atomic E-state index is -0.327. The summed E-state index contributed by atoms with van der Waals surface area (Å²) in [7, 11) is 0. The first-order chi connectivity index (χ1) is 13.5. The SMILES string of the molecule is O=C(Nc1ccc(F)cc1)NC1CCN(Cc2cn3cc(Cl)ccc3n2)CC1. The van der Waals surface area contributed by atoms with Gasteiger partial charge in [-0.2, -0.15) is 0 Å². The molecule has 0 aliphatic carbocycles. The van der Waals surface area contributed by atoms with E-state index < -0.39 is 0 Å². The third-order valence-electron chi connectivity index (χ3n) is 4.88. The number of piperidine rings is 1. The molecule has 0 bridgehead atoms. The summed E-state index contributed by atoms with van der Waals surface area (Å²) in [4.78, 5) is 19.1. The van der Waals surface area contributed by atoms with Crippen LogP contribution in [0.25, 0.3) is 5.65 Å². The number of aromatic nitrogens is 2. The molecule has 2 aromatic heterocycles. The third kappa shape index (κ3) is 4.61. The van der Waals surface area contributed by atoms with Gasteiger partial charge in [-0.15, -0.1) is 0 Å². The minimum absolute atomic E-state index is 0.122. The third-order valence-corrected chi connectivity index (χ3v) is 5.10. The maximum absolute atomic E-state index is 12.9. The van der Waals surface area contributed by atoms with E-state index in [1.54, 1.807) is 12.1 Å². The van der Waals surface area contributed by atoms with E-state index in [4.69, 9.17) is 11.6 Å². The fourth-order valence-electron chi connectivity index (χ4n) is 3.44. The number of nitrogens with one attached hydrogen (secondary N) is 2. The maximum Gasteiger partial charge on any atom is 0.319 e. The van der Waals surface area contributed by atoms with Crippen LogP contribution in [0.15, 0.2) is 48.8 Å². The number of carbonyl (C=O) groups is 1. The summed E-state index contributed by atoms with van der Waals surface area (Å²) in [5.41, 5.74) is 2.46. The zero-order chi connectivity index (χ0) is 19.5. The maximum atomic E-state index is 12.9. The molecule has 28 heavy (non-hydrogen) atoms. The number of hydrogen-bond donors (Lipinski definition) is 2. The summed E-state index contributed by atoms with van der Waals surface area (Å²) in [6, 6.07) is 9.32. The van der Waals surface area contributed by atoms with Gasteiger partial charge in [-0.25, -0.2) is 14.2 Å². The van der Waals surface area contributed by atoms with Crippen LogP contribution in [0.2, 0.25) is 5.02 Å². The molecule has 4 rings (SSSR count). The first-order valence-corrected chi connectivity index (χ1v) is 9.61.